The van der Waals surface area contributed by atoms with Gasteiger partial charge in [-0.2, -0.15) is 10.4 Å². The van der Waals surface area contributed by atoms with E-state index in [4.69, 9.17) is 28.1 Å². The standard InChI is InChI=1S/C37H48N6O12Si/c1-22(2)29(41-35(48)54-36(4,5)6)33(46)52-30-26(18-49-28(45)17-24-13-11-10-12-14-24)53-37(19-38,31(30)55-56(7,8)9)27-16-15-25-32(39-20-40-43(25)27)42-34(47)51-21-50-23(3)44/h10-16,20,22,26,29-31H,17-18,21H2,1-9H3,(H,41,48)(H,39,40,42,47)/t26-,29+,30-,31-,37+/m1/s1. The van der Waals surface area contributed by atoms with E-state index in [1.165, 1.54) is 16.6 Å². The number of aromatic nitrogens is 3. The summed E-state index contributed by atoms with van der Waals surface area (Å²) in [4.78, 5) is 67.6. The van der Waals surface area contributed by atoms with Crippen LogP contribution in [0.1, 0.15) is 52.8 Å². The van der Waals surface area contributed by atoms with Crippen molar-refractivity contribution in [2.75, 3.05) is 18.7 Å². The fourth-order valence-electron chi connectivity index (χ4n) is 5.69. The number of alkyl carbamates (subject to hydrolysis) is 1. The summed E-state index contributed by atoms with van der Waals surface area (Å²) in [5, 5.41) is 20.4. The van der Waals surface area contributed by atoms with E-state index in [0.717, 1.165) is 13.3 Å². The quantitative estimate of drug-likeness (QED) is 0.0998. The van der Waals surface area contributed by atoms with Crippen molar-refractivity contribution in [3.63, 3.8) is 0 Å². The van der Waals surface area contributed by atoms with Gasteiger partial charge in [0.05, 0.1) is 12.1 Å². The van der Waals surface area contributed by atoms with Crippen molar-refractivity contribution in [3.8, 4) is 6.07 Å². The first kappa shape index (κ1) is 43.1. The highest BCUT2D eigenvalue weighted by Gasteiger charge is 2.62. The molecule has 1 aromatic carbocycles. The number of amides is 2. The summed E-state index contributed by atoms with van der Waals surface area (Å²) >= 11 is 0. The molecule has 18 nitrogen and oxygen atoms in total. The van der Waals surface area contributed by atoms with Crippen molar-refractivity contribution in [2.24, 2.45) is 5.92 Å². The first-order valence-electron chi connectivity index (χ1n) is 17.8. The SMILES string of the molecule is CC(=O)OCOC(=O)Nc1ncnn2c([C@]3(C#N)O[C@H](COC(=O)Cc4ccccc4)[C@@H](OC(=O)[C@@H](NC(=O)OC(C)(C)C)C(C)C)[C@H]3O[Si](C)(C)C)ccc12. The predicted octanol–water partition coefficient (Wildman–Crippen LogP) is 4.38. The molecule has 1 fully saturated rings. The van der Waals surface area contributed by atoms with Gasteiger partial charge in [0.25, 0.3) is 0 Å². The number of ether oxygens (including phenoxy) is 6. The van der Waals surface area contributed by atoms with Crippen LogP contribution in [0.5, 0.6) is 0 Å². The lowest BCUT2D eigenvalue weighted by molar-refractivity contribution is -0.162. The minimum Gasteiger partial charge on any atom is -0.463 e. The molecule has 0 aliphatic carbocycles. The van der Waals surface area contributed by atoms with Crippen LogP contribution in [0.4, 0.5) is 15.4 Å². The van der Waals surface area contributed by atoms with Crippen LogP contribution < -0.4 is 10.6 Å². The molecule has 0 spiro atoms. The number of anilines is 1. The summed E-state index contributed by atoms with van der Waals surface area (Å²) in [6.07, 6.45) is -4.77. The van der Waals surface area contributed by atoms with Crippen molar-refractivity contribution in [2.45, 2.75) is 103 Å². The summed E-state index contributed by atoms with van der Waals surface area (Å²) in [7, 11) is -2.65. The van der Waals surface area contributed by atoms with Crippen LogP contribution in [0, 0.1) is 17.2 Å². The maximum absolute atomic E-state index is 14.0. The number of esters is 3. The van der Waals surface area contributed by atoms with Crippen LogP contribution in [-0.4, -0.2) is 96.4 Å². The third-order valence-corrected chi connectivity index (χ3v) is 8.96. The van der Waals surface area contributed by atoms with Crippen LogP contribution in [0.15, 0.2) is 48.8 Å². The van der Waals surface area contributed by atoms with Crippen molar-refractivity contribution in [3.05, 3.63) is 60.0 Å². The van der Waals surface area contributed by atoms with E-state index in [9.17, 15) is 29.2 Å². The van der Waals surface area contributed by atoms with Gasteiger partial charge in [0.1, 0.15) is 48.4 Å². The molecule has 19 heteroatoms. The zero-order valence-corrected chi connectivity index (χ0v) is 33.8. The Morgan fingerprint density at radius 3 is 2.32 bits per heavy atom. The molecule has 2 amide bonds. The number of nitrogens with one attached hydrogen (secondary N) is 2. The lowest BCUT2D eigenvalue weighted by Crippen LogP contribution is -2.53. The number of rotatable bonds is 14. The van der Waals surface area contributed by atoms with Crippen LogP contribution in [0.3, 0.4) is 0 Å². The molecule has 1 aliphatic heterocycles. The van der Waals surface area contributed by atoms with Crippen LogP contribution >= 0.6 is 0 Å². The Kier molecular flexibility index (Phi) is 13.8. The molecule has 1 saturated heterocycles. The van der Waals surface area contributed by atoms with E-state index in [-0.39, 0.29) is 23.4 Å². The molecule has 302 valence electrons. The number of nitriles is 1. The summed E-state index contributed by atoms with van der Waals surface area (Å²) in [6.45, 7) is 14.1. The van der Waals surface area contributed by atoms with Gasteiger partial charge in [-0.1, -0.05) is 44.2 Å². The summed E-state index contributed by atoms with van der Waals surface area (Å²) in [5.41, 5.74) is -1.92. The highest BCUT2D eigenvalue weighted by atomic mass is 28.4. The molecule has 0 unspecified atom stereocenters. The van der Waals surface area contributed by atoms with Gasteiger partial charge in [0, 0.05) is 6.92 Å². The van der Waals surface area contributed by atoms with Crippen molar-refractivity contribution in [1.29, 1.82) is 5.26 Å². The Balaban J connectivity index is 1.76. The average molecular weight is 797 g/mol. The van der Waals surface area contributed by atoms with Gasteiger partial charge in [-0.25, -0.2) is 23.9 Å². The van der Waals surface area contributed by atoms with Crippen LogP contribution in [-0.2, 0) is 59.3 Å². The van der Waals surface area contributed by atoms with Crippen LogP contribution in [0.25, 0.3) is 5.52 Å². The average Bonchev–Trinajstić information content (AvgIpc) is 3.65. The van der Waals surface area contributed by atoms with Gasteiger partial charge < -0.3 is 38.2 Å². The highest BCUT2D eigenvalue weighted by Crippen LogP contribution is 2.45. The van der Waals surface area contributed by atoms with E-state index < -0.39 is 93.3 Å². The van der Waals surface area contributed by atoms with E-state index in [2.05, 4.69) is 31.5 Å². The minimum absolute atomic E-state index is 0.0322. The topological polar surface area (TPSA) is 228 Å². The Morgan fingerprint density at radius 2 is 1.71 bits per heavy atom. The second-order valence-electron chi connectivity index (χ2n) is 15.2. The number of fused-ring (bicyclic) bond motifs is 1. The fourth-order valence-corrected chi connectivity index (χ4v) is 6.75. The first-order chi connectivity index (χ1) is 26.2. The second-order valence-corrected chi connectivity index (χ2v) is 19.7. The first-order valence-corrected chi connectivity index (χ1v) is 21.2. The Bertz CT molecular complexity index is 1940. The number of nitrogens with zero attached hydrogens (tertiary/aromatic N) is 4. The molecule has 3 heterocycles. The normalized spacial score (nSPS) is 20.1. The molecule has 2 N–H and O–H groups in total. The monoisotopic (exact) mass is 796 g/mol. The number of carbonyl (C=O) groups is 5. The molecule has 2 aromatic heterocycles. The molecule has 1 aliphatic rings. The minimum atomic E-state index is -2.65. The Labute approximate surface area is 325 Å². The molecular weight excluding hydrogens is 749 g/mol. The largest absolute Gasteiger partial charge is 0.463 e. The Morgan fingerprint density at radius 1 is 1.02 bits per heavy atom. The fraction of sp³-hybridized carbons (Fsp3) is 0.514. The van der Waals surface area contributed by atoms with E-state index >= 15 is 0 Å². The van der Waals surface area contributed by atoms with Crippen molar-refractivity contribution < 1.29 is 56.8 Å². The summed E-state index contributed by atoms with van der Waals surface area (Å²) in [5.74, 6) is -2.64. The van der Waals surface area contributed by atoms with Gasteiger partial charge in [-0.15, -0.1) is 0 Å². The number of hydrogen-bond donors (Lipinski definition) is 2. The molecule has 0 radical (unpaired) electrons. The van der Waals surface area contributed by atoms with Gasteiger partial charge in [0.15, 0.2) is 20.2 Å². The van der Waals surface area contributed by atoms with E-state index in [0.29, 0.717) is 5.56 Å². The molecule has 56 heavy (non-hydrogen) atoms. The van der Waals surface area contributed by atoms with Crippen molar-refractivity contribution >= 4 is 49.7 Å². The number of carbonyl (C=O) groups excluding carboxylic acids is 5. The smallest absolute Gasteiger partial charge is 0.415 e. The van der Waals surface area contributed by atoms with Crippen molar-refractivity contribution in [1.82, 2.24) is 19.9 Å². The Hall–Kier alpha value is -5.58. The summed E-state index contributed by atoms with van der Waals surface area (Å²) < 4.78 is 41.2. The zero-order valence-electron chi connectivity index (χ0n) is 32.8. The molecule has 3 aromatic rings. The van der Waals surface area contributed by atoms with E-state index in [1.54, 1.807) is 58.9 Å². The number of hydrogen-bond acceptors (Lipinski definition) is 15. The zero-order chi connectivity index (χ0) is 41.4. The molecule has 4 rings (SSSR count). The summed E-state index contributed by atoms with van der Waals surface area (Å²) in [6, 6.07) is 13.0. The lowest BCUT2D eigenvalue weighted by Gasteiger charge is -2.34. The maximum Gasteiger partial charge on any atom is 0.415 e. The van der Waals surface area contributed by atoms with Gasteiger partial charge in [-0.05, 0) is 64.0 Å². The molecule has 5 atom stereocenters. The van der Waals surface area contributed by atoms with Gasteiger partial charge in [-0.3, -0.25) is 14.9 Å². The van der Waals surface area contributed by atoms with Gasteiger partial charge in [0.2, 0.25) is 12.4 Å². The second kappa shape index (κ2) is 17.9. The third-order valence-electron chi connectivity index (χ3n) is 8.00. The maximum atomic E-state index is 14.0. The third kappa shape index (κ3) is 11.2. The molecular formula is C37H48N6O12Si. The van der Waals surface area contributed by atoms with Gasteiger partial charge >= 0.3 is 30.1 Å². The highest BCUT2D eigenvalue weighted by molar-refractivity contribution is 6.69. The number of benzene rings is 1. The molecule has 0 bridgehead atoms. The lowest BCUT2D eigenvalue weighted by atomic mass is 9.92. The van der Waals surface area contributed by atoms with Crippen LogP contribution in [0.2, 0.25) is 19.6 Å². The predicted molar refractivity (Wildman–Crippen MR) is 199 cm³/mol. The molecule has 0 saturated carbocycles. The van der Waals surface area contributed by atoms with E-state index in [1.807, 2.05) is 25.7 Å².